The van der Waals surface area contributed by atoms with Gasteiger partial charge in [0.05, 0.1) is 40.1 Å². The van der Waals surface area contributed by atoms with Gasteiger partial charge in [-0.15, -0.1) is 0 Å². The zero-order chi connectivity index (χ0) is 26.6. The van der Waals surface area contributed by atoms with Crippen LogP contribution in [0.15, 0.2) is 66.7 Å². The van der Waals surface area contributed by atoms with Gasteiger partial charge < -0.3 is 19.8 Å². The number of benzene rings is 3. The van der Waals surface area contributed by atoms with Gasteiger partial charge in [0.15, 0.2) is 0 Å². The van der Waals surface area contributed by atoms with Crippen molar-refractivity contribution in [3.05, 3.63) is 93.5 Å². The third-order valence-electron chi connectivity index (χ3n) is 6.61. The average Bonchev–Trinajstić information content (AvgIpc) is 2.88. The monoisotopic (exact) mass is 539 g/mol. The maximum absolute atomic E-state index is 11.3. The van der Waals surface area contributed by atoms with E-state index in [0.717, 1.165) is 23.4 Å². The minimum Gasteiger partial charge on any atom is -0.491 e. The van der Waals surface area contributed by atoms with Gasteiger partial charge in [-0.1, -0.05) is 47.5 Å². The normalized spacial score (nSPS) is 18.6. The van der Waals surface area contributed by atoms with Crippen LogP contribution in [0.4, 0.5) is 5.69 Å². The third-order valence-corrected chi connectivity index (χ3v) is 7.16. The molecule has 3 atom stereocenters. The van der Waals surface area contributed by atoms with E-state index in [9.17, 15) is 10.2 Å². The molecule has 0 radical (unpaired) electrons. The Hall–Kier alpha value is -2.79. The maximum atomic E-state index is 11.3. The SMILES string of the molecule is C[C@@H](O)COc1ccc(N2CCN(C[C@@](C)(O)c3ccc(C#N)cc3)CC2c2ccc(Cl)cc2)c(Cl)c1. The van der Waals surface area contributed by atoms with Gasteiger partial charge in [-0.25, -0.2) is 0 Å². The van der Waals surface area contributed by atoms with Gasteiger partial charge in [-0.3, -0.25) is 4.90 Å². The van der Waals surface area contributed by atoms with Crippen LogP contribution in [0.2, 0.25) is 10.0 Å². The first kappa shape index (κ1) is 27.3. The van der Waals surface area contributed by atoms with Crippen molar-refractivity contribution in [2.45, 2.75) is 31.6 Å². The van der Waals surface area contributed by atoms with Crippen molar-refractivity contribution in [2.24, 2.45) is 0 Å². The molecule has 0 aromatic heterocycles. The first-order valence-electron chi connectivity index (χ1n) is 12.2. The van der Waals surface area contributed by atoms with Crippen molar-refractivity contribution < 1.29 is 14.9 Å². The Bertz CT molecular complexity index is 1240. The van der Waals surface area contributed by atoms with E-state index < -0.39 is 11.7 Å². The predicted octanol–water partition coefficient (Wildman–Crippen LogP) is 5.40. The van der Waals surface area contributed by atoms with Crippen molar-refractivity contribution in [1.82, 2.24) is 4.90 Å². The van der Waals surface area contributed by atoms with Crippen LogP contribution in [-0.2, 0) is 5.60 Å². The molecule has 0 amide bonds. The number of rotatable bonds is 8. The standard InChI is InChI=1S/C29H31Cl2N3O3/c1-20(35)18-37-25-11-12-27(26(31)15-25)34-14-13-33(17-28(34)22-5-9-24(30)10-6-22)19-29(2,36)23-7-3-21(16-32)4-8-23/h3-12,15,20,28,35-36H,13-14,17-19H2,1-2H3/t20-,28?,29-/m1/s1. The molecule has 8 heteroatoms. The molecule has 1 aliphatic rings. The summed E-state index contributed by atoms with van der Waals surface area (Å²) >= 11 is 12.9. The van der Waals surface area contributed by atoms with Crippen molar-refractivity contribution in [3.8, 4) is 11.8 Å². The molecule has 0 spiro atoms. The molecule has 194 valence electrons. The van der Waals surface area contributed by atoms with Crippen molar-refractivity contribution in [1.29, 1.82) is 5.26 Å². The summed E-state index contributed by atoms with van der Waals surface area (Å²) in [6.07, 6.45) is -0.567. The van der Waals surface area contributed by atoms with Crippen LogP contribution in [0.5, 0.6) is 5.75 Å². The number of aliphatic hydroxyl groups is 2. The van der Waals surface area contributed by atoms with Gasteiger partial charge in [0.1, 0.15) is 12.4 Å². The molecule has 0 saturated carbocycles. The Morgan fingerprint density at radius 1 is 1.08 bits per heavy atom. The molecule has 4 rings (SSSR count). The molecular weight excluding hydrogens is 509 g/mol. The molecule has 3 aromatic carbocycles. The quantitative estimate of drug-likeness (QED) is 0.399. The van der Waals surface area contributed by atoms with E-state index in [1.54, 1.807) is 32.0 Å². The summed E-state index contributed by atoms with van der Waals surface area (Å²) < 4.78 is 5.62. The second kappa shape index (κ2) is 11.7. The number of ether oxygens (including phenoxy) is 1. The van der Waals surface area contributed by atoms with E-state index >= 15 is 0 Å². The second-order valence-electron chi connectivity index (χ2n) is 9.73. The van der Waals surface area contributed by atoms with Crippen LogP contribution >= 0.6 is 23.2 Å². The molecule has 0 bridgehead atoms. The lowest BCUT2D eigenvalue weighted by atomic mass is 9.93. The fraction of sp³-hybridized carbons (Fsp3) is 0.345. The molecular formula is C29H31Cl2N3O3. The van der Waals surface area contributed by atoms with Gasteiger partial charge in [0.25, 0.3) is 0 Å². The zero-order valence-electron chi connectivity index (χ0n) is 20.9. The van der Waals surface area contributed by atoms with Crippen molar-refractivity contribution in [2.75, 3.05) is 37.7 Å². The average molecular weight is 540 g/mol. The van der Waals surface area contributed by atoms with E-state index in [-0.39, 0.29) is 12.6 Å². The van der Waals surface area contributed by atoms with Crippen LogP contribution in [-0.4, -0.2) is 54.0 Å². The van der Waals surface area contributed by atoms with Crippen molar-refractivity contribution in [3.63, 3.8) is 0 Å². The number of hydrogen-bond acceptors (Lipinski definition) is 6. The first-order valence-corrected chi connectivity index (χ1v) is 13.0. The fourth-order valence-corrected chi connectivity index (χ4v) is 5.10. The predicted molar refractivity (Wildman–Crippen MR) is 147 cm³/mol. The van der Waals surface area contributed by atoms with E-state index in [0.29, 0.717) is 41.0 Å². The molecule has 6 nitrogen and oxygen atoms in total. The summed E-state index contributed by atoms with van der Waals surface area (Å²) in [4.78, 5) is 4.53. The number of piperazine rings is 1. The van der Waals surface area contributed by atoms with Crippen LogP contribution < -0.4 is 9.64 Å². The van der Waals surface area contributed by atoms with Gasteiger partial charge in [0.2, 0.25) is 0 Å². The smallest absolute Gasteiger partial charge is 0.121 e. The summed E-state index contributed by atoms with van der Waals surface area (Å²) in [6, 6.07) is 22.6. The number of hydrogen-bond donors (Lipinski definition) is 2. The van der Waals surface area contributed by atoms with Crippen LogP contribution in [0.25, 0.3) is 0 Å². The Labute approximate surface area is 228 Å². The van der Waals surface area contributed by atoms with E-state index in [2.05, 4.69) is 15.9 Å². The highest BCUT2D eigenvalue weighted by Gasteiger charge is 2.34. The molecule has 2 N–H and O–H groups in total. The highest BCUT2D eigenvalue weighted by atomic mass is 35.5. The summed E-state index contributed by atoms with van der Waals surface area (Å²) in [5.41, 5.74) is 2.24. The van der Waals surface area contributed by atoms with Gasteiger partial charge in [-0.05, 0) is 61.4 Å². The molecule has 1 heterocycles. The van der Waals surface area contributed by atoms with Crippen molar-refractivity contribution >= 4 is 28.9 Å². The molecule has 1 fully saturated rings. The van der Waals surface area contributed by atoms with Crippen LogP contribution in [0.3, 0.4) is 0 Å². The van der Waals surface area contributed by atoms with Gasteiger partial charge in [-0.2, -0.15) is 5.26 Å². The fourth-order valence-electron chi connectivity index (χ4n) is 4.70. The molecule has 1 aliphatic heterocycles. The molecule has 37 heavy (non-hydrogen) atoms. The number of halogens is 2. The Balaban J connectivity index is 1.57. The number of aliphatic hydroxyl groups excluding tert-OH is 1. The highest BCUT2D eigenvalue weighted by Crippen LogP contribution is 2.38. The second-order valence-corrected chi connectivity index (χ2v) is 10.6. The van der Waals surface area contributed by atoms with E-state index in [1.165, 1.54) is 0 Å². The first-order chi connectivity index (χ1) is 17.7. The summed E-state index contributed by atoms with van der Waals surface area (Å²) in [5.74, 6) is 0.606. The largest absolute Gasteiger partial charge is 0.491 e. The number of β-amino-alcohol motifs (C(OH)–C–C–N with tert-alkyl or cyclic N) is 1. The molecule has 1 saturated heterocycles. The number of nitriles is 1. The lowest BCUT2D eigenvalue weighted by molar-refractivity contribution is 0.0103. The van der Waals surface area contributed by atoms with E-state index in [4.69, 9.17) is 33.2 Å². The van der Waals surface area contributed by atoms with Gasteiger partial charge in [0, 0.05) is 37.3 Å². The number of nitrogens with zero attached hydrogens (tertiary/aromatic N) is 3. The summed E-state index contributed by atoms with van der Waals surface area (Å²) in [7, 11) is 0. The molecule has 3 aromatic rings. The lowest BCUT2D eigenvalue weighted by Gasteiger charge is -2.45. The van der Waals surface area contributed by atoms with Gasteiger partial charge >= 0.3 is 0 Å². The van der Waals surface area contributed by atoms with E-state index in [1.807, 2.05) is 48.5 Å². The Morgan fingerprint density at radius 2 is 1.78 bits per heavy atom. The highest BCUT2D eigenvalue weighted by molar-refractivity contribution is 6.33. The lowest BCUT2D eigenvalue weighted by Crippen LogP contribution is -2.52. The number of anilines is 1. The minimum absolute atomic E-state index is 0.0236. The Morgan fingerprint density at radius 3 is 2.41 bits per heavy atom. The van der Waals surface area contributed by atoms with Crippen LogP contribution in [0.1, 0.15) is 36.6 Å². The van der Waals surface area contributed by atoms with Crippen LogP contribution in [0, 0.1) is 11.3 Å². The summed E-state index contributed by atoms with van der Waals surface area (Å²) in [6.45, 7) is 6.21. The Kier molecular flexibility index (Phi) is 8.63. The topological polar surface area (TPSA) is 80.0 Å². The maximum Gasteiger partial charge on any atom is 0.121 e. The molecule has 0 aliphatic carbocycles. The minimum atomic E-state index is -1.08. The zero-order valence-corrected chi connectivity index (χ0v) is 22.5. The molecule has 1 unspecified atom stereocenters. The third kappa shape index (κ3) is 6.75. The summed E-state index contributed by atoms with van der Waals surface area (Å²) in [5, 5.41) is 31.2.